The summed E-state index contributed by atoms with van der Waals surface area (Å²) in [6.07, 6.45) is 3.39. The Morgan fingerprint density at radius 3 is 2.67 bits per heavy atom. The average Bonchev–Trinajstić information content (AvgIpc) is 2.65. The van der Waals surface area contributed by atoms with Crippen molar-refractivity contribution in [1.29, 1.82) is 0 Å². The van der Waals surface area contributed by atoms with E-state index in [4.69, 9.17) is 5.73 Å². The number of hydrogen-bond acceptors (Lipinski definition) is 3. The van der Waals surface area contributed by atoms with Crippen molar-refractivity contribution in [2.45, 2.75) is 38.6 Å². The molecule has 0 aliphatic heterocycles. The fourth-order valence-electron chi connectivity index (χ4n) is 2.26. The standard InChI is InChI=1S/C12H17NOS/c1-8-6-7-15-12(8)11(13)9-2-4-10(14)5-3-9/h6-7,9,11H,2-5,13H2,1H3. The molecule has 2 nitrogen and oxygen atoms in total. The highest BCUT2D eigenvalue weighted by molar-refractivity contribution is 7.10. The summed E-state index contributed by atoms with van der Waals surface area (Å²) >= 11 is 1.74. The fraction of sp³-hybridized carbons (Fsp3) is 0.583. The quantitative estimate of drug-likeness (QED) is 0.837. The van der Waals surface area contributed by atoms with E-state index in [2.05, 4.69) is 18.4 Å². The van der Waals surface area contributed by atoms with Crippen LogP contribution < -0.4 is 5.73 Å². The molecule has 1 aliphatic carbocycles. The van der Waals surface area contributed by atoms with Gasteiger partial charge in [0.25, 0.3) is 0 Å². The number of nitrogens with two attached hydrogens (primary N) is 1. The number of thiophene rings is 1. The van der Waals surface area contributed by atoms with Gasteiger partial charge in [0.05, 0.1) is 0 Å². The van der Waals surface area contributed by atoms with Gasteiger partial charge in [0.1, 0.15) is 5.78 Å². The van der Waals surface area contributed by atoms with Crippen molar-refractivity contribution in [3.8, 4) is 0 Å². The summed E-state index contributed by atoms with van der Waals surface area (Å²) in [6, 6.07) is 2.26. The minimum absolute atomic E-state index is 0.137. The maximum absolute atomic E-state index is 11.1. The van der Waals surface area contributed by atoms with Gasteiger partial charge in [-0.05, 0) is 42.7 Å². The van der Waals surface area contributed by atoms with Crippen LogP contribution in [0.2, 0.25) is 0 Å². The van der Waals surface area contributed by atoms with Crippen LogP contribution in [0.15, 0.2) is 11.4 Å². The average molecular weight is 223 g/mol. The molecule has 0 spiro atoms. The van der Waals surface area contributed by atoms with Crippen LogP contribution in [0.1, 0.15) is 42.2 Å². The molecule has 0 amide bonds. The number of aryl methyl sites for hydroxylation is 1. The molecule has 1 saturated carbocycles. The lowest BCUT2D eigenvalue weighted by Gasteiger charge is -2.26. The van der Waals surface area contributed by atoms with E-state index in [0.717, 1.165) is 25.7 Å². The molecule has 0 saturated heterocycles. The van der Waals surface area contributed by atoms with Crippen LogP contribution in [0.4, 0.5) is 0 Å². The lowest BCUT2D eigenvalue weighted by molar-refractivity contribution is -0.121. The largest absolute Gasteiger partial charge is 0.323 e. The maximum atomic E-state index is 11.1. The second kappa shape index (κ2) is 4.45. The van der Waals surface area contributed by atoms with Crippen LogP contribution in [0, 0.1) is 12.8 Å². The first-order chi connectivity index (χ1) is 7.18. The smallest absolute Gasteiger partial charge is 0.132 e. The molecule has 2 N–H and O–H groups in total. The number of carbonyl (C=O) groups excluding carboxylic acids is 1. The first-order valence-electron chi connectivity index (χ1n) is 5.49. The molecule has 82 valence electrons. The van der Waals surface area contributed by atoms with Gasteiger partial charge in [-0.15, -0.1) is 11.3 Å². The first kappa shape index (κ1) is 10.8. The van der Waals surface area contributed by atoms with Crippen molar-refractivity contribution in [3.05, 3.63) is 21.9 Å². The Morgan fingerprint density at radius 2 is 2.13 bits per heavy atom. The van der Waals surface area contributed by atoms with Gasteiger partial charge >= 0.3 is 0 Å². The minimum Gasteiger partial charge on any atom is -0.323 e. The van der Waals surface area contributed by atoms with Crippen molar-refractivity contribution < 1.29 is 4.79 Å². The summed E-state index contributed by atoms with van der Waals surface area (Å²) in [6.45, 7) is 2.11. The van der Waals surface area contributed by atoms with Gasteiger partial charge in [-0.3, -0.25) is 4.79 Å². The molecule has 1 aromatic heterocycles. The highest BCUT2D eigenvalue weighted by Gasteiger charge is 2.26. The van der Waals surface area contributed by atoms with E-state index in [9.17, 15) is 4.79 Å². The number of Topliss-reactive ketones (excluding diaryl/α,β-unsaturated/α-hetero) is 1. The summed E-state index contributed by atoms with van der Waals surface area (Å²) in [5.41, 5.74) is 7.56. The Morgan fingerprint density at radius 1 is 1.47 bits per heavy atom. The second-order valence-corrected chi connectivity index (χ2v) is 5.32. The van der Waals surface area contributed by atoms with Gasteiger partial charge in [0, 0.05) is 23.8 Å². The third-order valence-corrected chi connectivity index (χ3v) is 4.42. The third kappa shape index (κ3) is 2.29. The number of carbonyl (C=O) groups is 1. The lowest BCUT2D eigenvalue weighted by Crippen LogP contribution is -2.25. The minimum atomic E-state index is 0.137. The van der Waals surface area contributed by atoms with Crippen molar-refractivity contribution >= 4 is 17.1 Å². The van der Waals surface area contributed by atoms with Crippen LogP contribution >= 0.6 is 11.3 Å². The van der Waals surface area contributed by atoms with Gasteiger partial charge in [0.15, 0.2) is 0 Å². The van der Waals surface area contributed by atoms with Crippen molar-refractivity contribution in [2.75, 3.05) is 0 Å². The molecule has 3 heteroatoms. The highest BCUT2D eigenvalue weighted by atomic mass is 32.1. The Labute approximate surface area is 94.5 Å². The van der Waals surface area contributed by atoms with Crippen LogP contribution in [0.3, 0.4) is 0 Å². The maximum Gasteiger partial charge on any atom is 0.132 e. The molecule has 15 heavy (non-hydrogen) atoms. The van der Waals surface area contributed by atoms with Crippen LogP contribution in [0.5, 0.6) is 0 Å². The molecule has 1 fully saturated rings. The van der Waals surface area contributed by atoms with E-state index in [0.29, 0.717) is 11.7 Å². The Balaban J connectivity index is 2.05. The Kier molecular flexibility index (Phi) is 3.22. The molecule has 1 heterocycles. The molecule has 2 rings (SSSR count). The molecule has 1 unspecified atom stereocenters. The van der Waals surface area contributed by atoms with Gasteiger partial charge in [-0.2, -0.15) is 0 Å². The highest BCUT2D eigenvalue weighted by Crippen LogP contribution is 2.35. The van der Waals surface area contributed by atoms with Crippen molar-refractivity contribution in [3.63, 3.8) is 0 Å². The molecule has 1 aromatic rings. The second-order valence-electron chi connectivity index (χ2n) is 4.37. The van der Waals surface area contributed by atoms with E-state index in [1.807, 2.05) is 0 Å². The topological polar surface area (TPSA) is 43.1 Å². The first-order valence-corrected chi connectivity index (χ1v) is 6.37. The van der Waals surface area contributed by atoms with Crippen LogP contribution in [-0.2, 0) is 4.79 Å². The predicted octanol–water partition coefficient (Wildman–Crippen LogP) is 2.82. The van der Waals surface area contributed by atoms with E-state index in [-0.39, 0.29) is 6.04 Å². The fourth-order valence-corrected chi connectivity index (χ4v) is 3.28. The van der Waals surface area contributed by atoms with Crippen molar-refractivity contribution in [1.82, 2.24) is 0 Å². The lowest BCUT2D eigenvalue weighted by atomic mass is 9.82. The Hall–Kier alpha value is -0.670. The summed E-state index contributed by atoms with van der Waals surface area (Å²) in [5, 5.41) is 2.10. The van der Waals surface area contributed by atoms with Gasteiger partial charge < -0.3 is 5.73 Å². The molecule has 0 radical (unpaired) electrons. The molecule has 1 aliphatic rings. The summed E-state index contributed by atoms with van der Waals surface area (Å²) in [7, 11) is 0. The van der Waals surface area contributed by atoms with E-state index in [1.165, 1.54) is 10.4 Å². The molecule has 0 aromatic carbocycles. The summed E-state index contributed by atoms with van der Waals surface area (Å²) in [4.78, 5) is 12.4. The van der Waals surface area contributed by atoms with E-state index >= 15 is 0 Å². The Bertz CT molecular complexity index is 348. The number of rotatable bonds is 2. The SMILES string of the molecule is Cc1ccsc1C(N)C1CCC(=O)CC1. The molecular weight excluding hydrogens is 206 g/mol. The van der Waals surface area contributed by atoms with E-state index in [1.54, 1.807) is 11.3 Å². The van der Waals surface area contributed by atoms with Gasteiger partial charge in [-0.1, -0.05) is 0 Å². The summed E-state index contributed by atoms with van der Waals surface area (Å²) in [5.74, 6) is 0.904. The zero-order valence-corrected chi connectivity index (χ0v) is 9.85. The van der Waals surface area contributed by atoms with Crippen molar-refractivity contribution in [2.24, 2.45) is 11.7 Å². The van der Waals surface area contributed by atoms with Gasteiger partial charge in [-0.25, -0.2) is 0 Å². The molecule has 1 atom stereocenters. The van der Waals surface area contributed by atoms with Gasteiger partial charge in [0.2, 0.25) is 0 Å². The predicted molar refractivity (Wildman–Crippen MR) is 62.9 cm³/mol. The van der Waals surface area contributed by atoms with Crippen LogP contribution in [-0.4, -0.2) is 5.78 Å². The summed E-state index contributed by atoms with van der Waals surface area (Å²) < 4.78 is 0. The normalized spacial score (nSPS) is 20.5. The molecular formula is C12H17NOS. The van der Waals surface area contributed by atoms with E-state index < -0.39 is 0 Å². The number of ketones is 1. The molecule has 0 bridgehead atoms. The van der Waals surface area contributed by atoms with Crippen LogP contribution in [0.25, 0.3) is 0 Å². The monoisotopic (exact) mass is 223 g/mol. The third-order valence-electron chi connectivity index (χ3n) is 3.30. The zero-order chi connectivity index (χ0) is 10.8. The zero-order valence-electron chi connectivity index (χ0n) is 9.03. The number of hydrogen-bond donors (Lipinski definition) is 1.